The summed E-state index contributed by atoms with van der Waals surface area (Å²) in [4.78, 5) is 25.1. The van der Waals surface area contributed by atoms with Crippen LogP contribution in [0.15, 0.2) is 23.1 Å². The highest BCUT2D eigenvalue weighted by Gasteiger charge is 2.04. The van der Waals surface area contributed by atoms with Crippen molar-refractivity contribution in [1.29, 1.82) is 0 Å². The first-order valence-electron chi connectivity index (χ1n) is 4.46. The Labute approximate surface area is 76.8 Å². The van der Waals surface area contributed by atoms with E-state index in [1.165, 1.54) is 18.3 Å². The van der Waals surface area contributed by atoms with Gasteiger partial charge < -0.3 is 4.98 Å². The zero-order chi connectivity index (χ0) is 9.68. The molecule has 0 bridgehead atoms. The van der Waals surface area contributed by atoms with Crippen LogP contribution in [0, 0.1) is 0 Å². The Morgan fingerprint density at radius 1 is 1.54 bits per heavy atom. The Hall–Kier alpha value is -1.38. The summed E-state index contributed by atoms with van der Waals surface area (Å²) >= 11 is 0. The lowest BCUT2D eigenvalue weighted by Crippen LogP contribution is -2.07. The number of carbonyl (C=O) groups excluding carboxylic acids is 1. The van der Waals surface area contributed by atoms with E-state index in [1.807, 2.05) is 6.92 Å². The fraction of sp³-hybridized carbons (Fsp3) is 0.400. The van der Waals surface area contributed by atoms with E-state index in [1.54, 1.807) is 0 Å². The molecule has 0 amide bonds. The van der Waals surface area contributed by atoms with Gasteiger partial charge in [0.2, 0.25) is 0 Å². The van der Waals surface area contributed by atoms with Crippen LogP contribution >= 0.6 is 0 Å². The minimum absolute atomic E-state index is 0.0135. The minimum atomic E-state index is -0.126. The molecular weight excluding hydrogens is 166 g/mol. The van der Waals surface area contributed by atoms with Crippen molar-refractivity contribution in [3.05, 3.63) is 34.2 Å². The molecule has 1 aromatic rings. The average Bonchev–Trinajstić information content (AvgIpc) is 2.14. The molecule has 0 aliphatic rings. The van der Waals surface area contributed by atoms with E-state index in [2.05, 4.69) is 4.98 Å². The zero-order valence-corrected chi connectivity index (χ0v) is 7.67. The predicted molar refractivity (Wildman–Crippen MR) is 50.9 cm³/mol. The van der Waals surface area contributed by atoms with Crippen molar-refractivity contribution in [2.24, 2.45) is 0 Å². The third kappa shape index (κ3) is 2.86. The normalized spacial score (nSPS) is 9.92. The third-order valence-electron chi connectivity index (χ3n) is 1.83. The van der Waals surface area contributed by atoms with E-state index in [9.17, 15) is 9.59 Å². The zero-order valence-electron chi connectivity index (χ0n) is 7.67. The van der Waals surface area contributed by atoms with Crippen LogP contribution in [0.5, 0.6) is 0 Å². The number of aromatic nitrogens is 1. The first-order valence-corrected chi connectivity index (χ1v) is 4.46. The van der Waals surface area contributed by atoms with Gasteiger partial charge in [-0.25, -0.2) is 0 Å². The second-order valence-corrected chi connectivity index (χ2v) is 2.96. The summed E-state index contributed by atoms with van der Waals surface area (Å²) in [6.45, 7) is 2.03. The molecule has 1 aromatic heterocycles. The van der Waals surface area contributed by atoms with Gasteiger partial charge in [-0.3, -0.25) is 9.59 Å². The molecule has 70 valence electrons. The Kier molecular flexibility index (Phi) is 3.43. The van der Waals surface area contributed by atoms with Crippen LogP contribution in [-0.4, -0.2) is 10.8 Å². The number of hydrogen-bond donors (Lipinski definition) is 1. The largest absolute Gasteiger partial charge is 0.359 e. The summed E-state index contributed by atoms with van der Waals surface area (Å²) in [6, 6.07) is 2.74. The maximum atomic E-state index is 11.4. The van der Waals surface area contributed by atoms with E-state index >= 15 is 0 Å². The van der Waals surface area contributed by atoms with Crippen LogP contribution in [0.2, 0.25) is 0 Å². The van der Waals surface area contributed by atoms with Crippen molar-refractivity contribution in [3.63, 3.8) is 0 Å². The van der Waals surface area contributed by atoms with Crippen LogP contribution in [0.4, 0.5) is 0 Å². The molecular formula is C10H13NO2. The second-order valence-electron chi connectivity index (χ2n) is 2.96. The number of unbranched alkanes of at least 4 members (excludes halogenated alkanes) is 1. The van der Waals surface area contributed by atoms with Crippen LogP contribution in [-0.2, 0) is 0 Å². The monoisotopic (exact) mass is 179 g/mol. The SMILES string of the molecule is CCCCC(=O)c1cc(=O)cc[nH]1. The first kappa shape index (κ1) is 9.71. The average molecular weight is 179 g/mol. The highest BCUT2D eigenvalue weighted by atomic mass is 16.1. The predicted octanol–water partition coefficient (Wildman–Crippen LogP) is 1.75. The number of H-pyrrole nitrogens is 1. The number of nitrogens with one attached hydrogen (secondary N) is 1. The van der Waals surface area contributed by atoms with Gasteiger partial charge in [-0.15, -0.1) is 0 Å². The molecule has 3 heteroatoms. The maximum absolute atomic E-state index is 11.4. The molecule has 0 saturated heterocycles. The number of Topliss-reactive ketones (excluding diaryl/α,β-unsaturated/α-hetero) is 1. The van der Waals surface area contributed by atoms with Gasteiger partial charge in [-0.1, -0.05) is 13.3 Å². The number of aromatic amines is 1. The van der Waals surface area contributed by atoms with Gasteiger partial charge in [0.15, 0.2) is 11.2 Å². The molecule has 1 heterocycles. The Morgan fingerprint density at radius 3 is 2.92 bits per heavy atom. The lowest BCUT2D eigenvalue weighted by atomic mass is 10.1. The van der Waals surface area contributed by atoms with Crippen LogP contribution in [0.25, 0.3) is 0 Å². The molecule has 0 spiro atoms. The molecule has 0 fully saturated rings. The number of pyridine rings is 1. The molecule has 13 heavy (non-hydrogen) atoms. The summed E-state index contributed by atoms with van der Waals surface area (Å²) < 4.78 is 0. The fourth-order valence-electron chi connectivity index (χ4n) is 1.08. The lowest BCUT2D eigenvalue weighted by molar-refractivity contribution is 0.0975. The molecule has 0 unspecified atom stereocenters. The highest BCUT2D eigenvalue weighted by molar-refractivity contribution is 5.94. The quantitative estimate of drug-likeness (QED) is 0.716. The van der Waals surface area contributed by atoms with Crippen molar-refractivity contribution in [3.8, 4) is 0 Å². The third-order valence-corrected chi connectivity index (χ3v) is 1.83. The van der Waals surface area contributed by atoms with E-state index < -0.39 is 0 Å². The summed E-state index contributed by atoms with van der Waals surface area (Å²) in [7, 11) is 0. The van der Waals surface area contributed by atoms with E-state index in [0.29, 0.717) is 12.1 Å². The van der Waals surface area contributed by atoms with E-state index in [4.69, 9.17) is 0 Å². The summed E-state index contributed by atoms with van der Waals surface area (Å²) in [5.41, 5.74) is 0.291. The van der Waals surface area contributed by atoms with Gasteiger partial charge in [0.25, 0.3) is 0 Å². The molecule has 0 aliphatic heterocycles. The van der Waals surface area contributed by atoms with Crippen LogP contribution in [0.1, 0.15) is 36.7 Å². The van der Waals surface area contributed by atoms with Crippen molar-refractivity contribution < 1.29 is 4.79 Å². The number of rotatable bonds is 4. The van der Waals surface area contributed by atoms with Gasteiger partial charge in [0.05, 0.1) is 5.69 Å². The first-order chi connectivity index (χ1) is 6.24. The number of carbonyl (C=O) groups is 1. The Balaban J connectivity index is 2.71. The van der Waals surface area contributed by atoms with Crippen molar-refractivity contribution >= 4 is 5.78 Å². The number of hydrogen-bond acceptors (Lipinski definition) is 2. The second kappa shape index (κ2) is 4.60. The highest BCUT2D eigenvalue weighted by Crippen LogP contribution is 2.01. The lowest BCUT2D eigenvalue weighted by Gasteiger charge is -1.98. The number of ketones is 1. The maximum Gasteiger partial charge on any atom is 0.182 e. The fourth-order valence-corrected chi connectivity index (χ4v) is 1.08. The van der Waals surface area contributed by atoms with Gasteiger partial charge in [-0.05, 0) is 6.42 Å². The van der Waals surface area contributed by atoms with Crippen LogP contribution < -0.4 is 5.43 Å². The standard InChI is InChI=1S/C10H13NO2/c1-2-3-4-10(13)9-7-8(12)5-6-11-9/h5-7H,2-4H2,1H3,(H,11,12). The Morgan fingerprint density at radius 2 is 2.31 bits per heavy atom. The molecule has 0 atom stereocenters. The topological polar surface area (TPSA) is 49.9 Å². The molecule has 0 radical (unpaired) electrons. The van der Waals surface area contributed by atoms with Gasteiger partial charge in [0, 0.05) is 24.8 Å². The molecule has 0 aliphatic carbocycles. The van der Waals surface area contributed by atoms with E-state index in [0.717, 1.165) is 12.8 Å². The molecule has 1 N–H and O–H groups in total. The van der Waals surface area contributed by atoms with Crippen molar-refractivity contribution in [2.75, 3.05) is 0 Å². The molecule has 0 aromatic carbocycles. The molecule has 0 saturated carbocycles. The molecule has 3 nitrogen and oxygen atoms in total. The smallest absolute Gasteiger partial charge is 0.182 e. The summed E-state index contributed by atoms with van der Waals surface area (Å²) in [6.07, 6.45) is 3.87. The summed E-state index contributed by atoms with van der Waals surface area (Å²) in [5.74, 6) is 0.0135. The van der Waals surface area contributed by atoms with Gasteiger partial charge in [0.1, 0.15) is 0 Å². The molecule has 1 rings (SSSR count). The van der Waals surface area contributed by atoms with Crippen LogP contribution in [0.3, 0.4) is 0 Å². The van der Waals surface area contributed by atoms with Crippen molar-refractivity contribution in [2.45, 2.75) is 26.2 Å². The Bertz CT molecular complexity index is 341. The van der Waals surface area contributed by atoms with E-state index in [-0.39, 0.29) is 11.2 Å². The van der Waals surface area contributed by atoms with Gasteiger partial charge >= 0.3 is 0 Å². The summed E-state index contributed by atoms with van der Waals surface area (Å²) in [5, 5.41) is 0. The minimum Gasteiger partial charge on any atom is -0.359 e. The van der Waals surface area contributed by atoms with Crippen molar-refractivity contribution in [1.82, 2.24) is 4.98 Å². The van der Waals surface area contributed by atoms with Gasteiger partial charge in [-0.2, -0.15) is 0 Å².